The van der Waals surface area contributed by atoms with Gasteiger partial charge in [-0.3, -0.25) is 0 Å². The molecule has 0 N–H and O–H groups in total. The third-order valence-corrected chi connectivity index (χ3v) is 8.02. The van der Waals surface area contributed by atoms with E-state index in [1.165, 1.54) is 44.5 Å². The van der Waals surface area contributed by atoms with Gasteiger partial charge in [0.05, 0.1) is 0 Å². The summed E-state index contributed by atoms with van der Waals surface area (Å²) in [5.74, 6) is 0. The van der Waals surface area contributed by atoms with E-state index in [0.717, 1.165) is 17.1 Å². The minimum atomic E-state index is -0.0501. The number of hydrogen-bond acceptors (Lipinski definition) is 1. The molecule has 0 unspecified atom stereocenters. The van der Waals surface area contributed by atoms with Crippen molar-refractivity contribution in [1.82, 2.24) is 0 Å². The molecule has 0 heterocycles. The van der Waals surface area contributed by atoms with E-state index in [1.807, 2.05) is 6.08 Å². The molecular formula is C38H33N. The van der Waals surface area contributed by atoms with Gasteiger partial charge in [0, 0.05) is 22.5 Å². The maximum atomic E-state index is 4.13. The molecule has 5 aromatic rings. The van der Waals surface area contributed by atoms with Crippen molar-refractivity contribution in [1.29, 1.82) is 0 Å². The molecule has 0 amide bonds. The minimum absolute atomic E-state index is 0.0501. The van der Waals surface area contributed by atoms with Crippen LogP contribution in [-0.4, -0.2) is 0 Å². The van der Waals surface area contributed by atoms with E-state index in [-0.39, 0.29) is 5.41 Å². The number of rotatable bonds is 6. The minimum Gasteiger partial charge on any atom is -0.311 e. The molecule has 5 aromatic carbocycles. The van der Waals surface area contributed by atoms with Gasteiger partial charge in [-0.2, -0.15) is 0 Å². The van der Waals surface area contributed by atoms with Crippen molar-refractivity contribution in [2.45, 2.75) is 26.2 Å². The maximum absolute atomic E-state index is 4.13. The third-order valence-electron chi connectivity index (χ3n) is 8.02. The topological polar surface area (TPSA) is 3.24 Å². The first-order chi connectivity index (χ1) is 19.0. The molecule has 0 radical (unpaired) electrons. The Labute approximate surface area is 232 Å². The molecule has 0 saturated heterocycles. The zero-order valence-corrected chi connectivity index (χ0v) is 22.9. The molecule has 0 atom stereocenters. The van der Waals surface area contributed by atoms with Crippen LogP contribution in [0.15, 0.2) is 146 Å². The summed E-state index contributed by atoms with van der Waals surface area (Å²) in [5, 5.41) is 0. The molecule has 1 aliphatic carbocycles. The summed E-state index contributed by atoms with van der Waals surface area (Å²) in [4.78, 5) is 2.30. The summed E-state index contributed by atoms with van der Waals surface area (Å²) in [7, 11) is 0. The standard InChI is InChI=1S/C38H33N/c1-5-31(6-2)39(33-23-24-35-34-17-10-11-18-36(34)38(3,4)37(35)26-33)32-21-19-28(20-22-32)30-16-12-15-29(25-30)27-13-8-7-9-14-27/h5-26H,1H2,2-4H3/b31-6+. The summed E-state index contributed by atoms with van der Waals surface area (Å²) < 4.78 is 0. The smallest absolute Gasteiger partial charge is 0.0464 e. The highest BCUT2D eigenvalue weighted by Gasteiger charge is 2.35. The lowest BCUT2D eigenvalue weighted by molar-refractivity contribution is 0.660. The predicted molar refractivity (Wildman–Crippen MR) is 167 cm³/mol. The van der Waals surface area contributed by atoms with E-state index in [0.29, 0.717) is 0 Å². The molecule has 1 heteroatoms. The fourth-order valence-electron chi connectivity index (χ4n) is 5.93. The number of fused-ring (bicyclic) bond motifs is 3. The average molecular weight is 504 g/mol. The van der Waals surface area contributed by atoms with Crippen LogP contribution >= 0.6 is 0 Å². The normalized spacial score (nSPS) is 13.5. The van der Waals surface area contributed by atoms with Gasteiger partial charge in [0.15, 0.2) is 0 Å². The Kier molecular flexibility index (Phi) is 6.29. The van der Waals surface area contributed by atoms with Crippen LogP contribution in [-0.2, 0) is 5.41 Å². The second-order valence-electron chi connectivity index (χ2n) is 10.6. The van der Waals surface area contributed by atoms with Gasteiger partial charge in [-0.05, 0) is 87.8 Å². The SMILES string of the molecule is C=C/C(=C\C)N(c1ccc(-c2cccc(-c3ccccc3)c2)cc1)c1ccc2c(c1)C(C)(C)c1ccccc1-2. The number of nitrogens with zero attached hydrogens (tertiary/aromatic N) is 1. The number of anilines is 2. The molecule has 0 fully saturated rings. The van der Waals surface area contributed by atoms with Gasteiger partial charge >= 0.3 is 0 Å². The highest BCUT2D eigenvalue weighted by atomic mass is 15.1. The van der Waals surface area contributed by atoms with E-state index in [4.69, 9.17) is 0 Å². The van der Waals surface area contributed by atoms with Crippen molar-refractivity contribution in [3.63, 3.8) is 0 Å². The van der Waals surface area contributed by atoms with Crippen LogP contribution in [0.25, 0.3) is 33.4 Å². The summed E-state index contributed by atoms with van der Waals surface area (Å²) >= 11 is 0. The molecule has 0 aliphatic heterocycles. The summed E-state index contributed by atoms with van der Waals surface area (Å²) in [6.07, 6.45) is 4.06. The van der Waals surface area contributed by atoms with E-state index in [2.05, 4.69) is 160 Å². The highest BCUT2D eigenvalue weighted by Crippen LogP contribution is 2.50. The van der Waals surface area contributed by atoms with Gasteiger partial charge in [0.25, 0.3) is 0 Å². The molecule has 190 valence electrons. The molecule has 0 bridgehead atoms. The van der Waals surface area contributed by atoms with Crippen LogP contribution in [0.2, 0.25) is 0 Å². The quantitative estimate of drug-likeness (QED) is 0.208. The lowest BCUT2D eigenvalue weighted by Gasteiger charge is -2.28. The van der Waals surface area contributed by atoms with Crippen LogP contribution < -0.4 is 4.90 Å². The summed E-state index contributed by atoms with van der Waals surface area (Å²) in [6, 6.07) is 43.8. The fourth-order valence-corrected chi connectivity index (χ4v) is 5.93. The first kappa shape index (κ1) is 24.7. The van der Waals surface area contributed by atoms with E-state index in [1.54, 1.807) is 0 Å². The Balaban J connectivity index is 1.39. The first-order valence-corrected chi connectivity index (χ1v) is 13.6. The Morgan fingerprint density at radius 3 is 1.87 bits per heavy atom. The molecule has 6 rings (SSSR count). The van der Waals surface area contributed by atoms with Crippen LogP contribution in [0, 0.1) is 0 Å². The summed E-state index contributed by atoms with van der Waals surface area (Å²) in [5.41, 5.74) is 13.5. The second-order valence-corrected chi connectivity index (χ2v) is 10.6. The fraction of sp³-hybridized carbons (Fsp3) is 0.105. The zero-order chi connectivity index (χ0) is 27.0. The molecule has 1 aliphatic rings. The van der Waals surface area contributed by atoms with Crippen molar-refractivity contribution in [2.75, 3.05) is 4.90 Å². The largest absolute Gasteiger partial charge is 0.311 e. The Morgan fingerprint density at radius 2 is 1.18 bits per heavy atom. The molecular weight excluding hydrogens is 470 g/mol. The van der Waals surface area contributed by atoms with Crippen LogP contribution in [0.3, 0.4) is 0 Å². The van der Waals surface area contributed by atoms with E-state index >= 15 is 0 Å². The number of allylic oxidation sites excluding steroid dienone is 2. The second kappa shape index (κ2) is 9.93. The van der Waals surface area contributed by atoms with Crippen LogP contribution in [0.4, 0.5) is 11.4 Å². The Hall–Kier alpha value is -4.62. The van der Waals surface area contributed by atoms with Gasteiger partial charge in [0.2, 0.25) is 0 Å². The van der Waals surface area contributed by atoms with Gasteiger partial charge in [0.1, 0.15) is 0 Å². The van der Waals surface area contributed by atoms with E-state index < -0.39 is 0 Å². The van der Waals surface area contributed by atoms with Crippen molar-refractivity contribution >= 4 is 11.4 Å². The average Bonchev–Trinajstić information content (AvgIpc) is 3.22. The van der Waals surface area contributed by atoms with Crippen molar-refractivity contribution in [3.8, 4) is 33.4 Å². The molecule has 39 heavy (non-hydrogen) atoms. The van der Waals surface area contributed by atoms with Crippen LogP contribution in [0.1, 0.15) is 31.9 Å². The van der Waals surface area contributed by atoms with Crippen LogP contribution in [0.5, 0.6) is 0 Å². The lowest BCUT2D eigenvalue weighted by atomic mass is 9.82. The predicted octanol–water partition coefficient (Wildman–Crippen LogP) is 10.6. The third kappa shape index (κ3) is 4.30. The zero-order valence-electron chi connectivity index (χ0n) is 22.9. The Morgan fingerprint density at radius 1 is 0.590 bits per heavy atom. The van der Waals surface area contributed by atoms with E-state index in [9.17, 15) is 0 Å². The highest BCUT2D eigenvalue weighted by molar-refractivity contribution is 5.84. The molecule has 1 nitrogen and oxygen atoms in total. The maximum Gasteiger partial charge on any atom is 0.0464 e. The number of hydrogen-bond donors (Lipinski definition) is 0. The number of benzene rings is 5. The van der Waals surface area contributed by atoms with Crippen molar-refractivity contribution < 1.29 is 0 Å². The van der Waals surface area contributed by atoms with Gasteiger partial charge in [-0.1, -0.05) is 117 Å². The lowest BCUT2D eigenvalue weighted by Crippen LogP contribution is -2.18. The summed E-state index contributed by atoms with van der Waals surface area (Å²) in [6.45, 7) is 10.9. The van der Waals surface area contributed by atoms with Crippen molar-refractivity contribution in [3.05, 3.63) is 157 Å². The molecule has 0 saturated carbocycles. The first-order valence-electron chi connectivity index (χ1n) is 13.6. The molecule has 0 aromatic heterocycles. The van der Waals surface area contributed by atoms with Gasteiger partial charge in [-0.25, -0.2) is 0 Å². The van der Waals surface area contributed by atoms with Gasteiger partial charge < -0.3 is 4.90 Å². The monoisotopic (exact) mass is 503 g/mol. The Bertz CT molecular complexity index is 1690. The molecule has 0 spiro atoms. The van der Waals surface area contributed by atoms with Crippen molar-refractivity contribution in [2.24, 2.45) is 0 Å². The van der Waals surface area contributed by atoms with Gasteiger partial charge in [-0.15, -0.1) is 0 Å².